The molecular formula is C14H12F3N3O2. The first-order valence-corrected chi connectivity index (χ1v) is 6.28. The second-order valence-corrected chi connectivity index (χ2v) is 4.73. The minimum absolute atomic E-state index is 0.122. The van der Waals surface area contributed by atoms with Crippen LogP contribution in [0.4, 0.5) is 30.4 Å². The SMILES string of the molecule is Cc1cc([N+](=O)[O-])cnc1Nc1cccc(CC(F)(F)F)c1. The number of anilines is 2. The first-order valence-electron chi connectivity index (χ1n) is 6.28. The Morgan fingerprint density at radius 3 is 2.64 bits per heavy atom. The molecule has 0 unspecified atom stereocenters. The lowest BCUT2D eigenvalue weighted by Gasteiger charge is -2.11. The fraction of sp³-hybridized carbons (Fsp3) is 0.214. The highest BCUT2D eigenvalue weighted by molar-refractivity contribution is 5.61. The summed E-state index contributed by atoms with van der Waals surface area (Å²) in [6, 6.07) is 7.20. The zero-order valence-electron chi connectivity index (χ0n) is 11.5. The highest BCUT2D eigenvalue weighted by Crippen LogP contribution is 2.25. The predicted octanol–water partition coefficient (Wildman–Crippen LogP) is 4.15. The minimum atomic E-state index is -4.28. The number of aryl methyl sites for hydroxylation is 1. The molecule has 0 aliphatic rings. The van der Waals surface area contributed by atoms with Crippen LogP contribution in [0.25, 0.3) is 0 Å². The summed E-state index contributed by atoms with van der Waals surface area (Å²) in [6.45, 7) is 1.63. The number of benzene rings is 1. The van der Waals surface area contributed by atoms with Gasteiger partial charge < -0.3 is 5.32 Å². The molecule has 0 saturated carbocycles. The lowest BCUT2D eigenvalue weighted by atomic mass is 10.1. The van der Waals surface area contributed by atoms with Crippen LogP contribution in [0, 0.1) is 17.0 Å². The van der Waals surface area contributed by atoms with Crippen molar-refractivity contribution in [3.8, 4) is 0 Å². The van der Waals surface area contributed by atoms with Crippen LogP contribution in [-0.4, -0.2) is 16.1 Å². The van der Waals surface area contributed by atoms with Crippen molar-refractivity contribution in [1.82, 2.24) is 4.98 Å². The summed E-state index contributed by atoms with van der Waals surface area (Å²) < 4.78 is 37.2. The van der Waals surface area contributed by atoms with E-state index in [1.807, 2.05) is 0 Å². The van der Waals surface area contributed by atoms with E-state index in [-0.39, 0.29) is 11.3 Å². The van der Waals surface area contributed by atoms with E-state index in [1.54, 1.807) is 13.0 Å². The van der Waals surface area contributed by atoms with Crippen LogP contribution >= 0.6 is 0 Å². The smallest absolute Gasteiger partial charge is 0.340 e. The van der Waals surface area contributed by atoms with E-state index in [2.05, 4.69) is 10.3 Å². The Hall–Kier alpha value is -2.64. The number of nitrogens with one attached hydrogen (secondary N) is 1. The number of hydrogen-bond acceptors (Lipinski definition) is 4. The minimum Gasteiger partial charge on any atom is -0.340 e. The van der Waals surface area contributed by atoms with Gasteiger partial charge in [-0.3, -0.25) is 10.1 Å². The quantitative estimate of drug-likeness (QED) is 0.680. The highest BCUT2D eigenvalue weighted by atomic mass is 19.4. The van der Waals surface area contributed by atoms with Crippen molar-refractivity contribution in [3.05, 3.63) is 57.8 Å². The number of aromatic nitrogens is 1. The maximum Gasteiger partial charge on any atom is 0.393 e. The first kappa shape index (κ1) is 15.7. The molecule has 0 saturated heterocycles. The Morgan fingerprint density at radius 1 is 1.32 bits per heavy atom. The fourth-order valence-corrected chi connectivity index (χ4v) is 1.92. The molecule has 0 radical (unpaired) electrons. The second kappa shape index (κ2) is 6.00. The van der Waals surface area contributed by atoms with Gasteiger partial charge >= 0.3 is 6.18 Å². The molecule has 1 aromatic heterocycles. The molecule has 0 bridgehead atoms. The third kappa shape index (κ3) is 4.18. The number of alkyl halides is 3. The number of hydrogen-bond donors (Lipinski definition) is 1. The Bertz CT molecular complexity index is 702. The number of nitro groups is 1. The maximum absolute atomic E-state index is 12.4. The van der Waals surface area contributed by atoms with Crippen molar-refractivity contribution in [2.45, 2.75) is 19.5 Å². The highest BCUT2D eigenvalue weighted by Gasteiger charge is 2.27. The van der Waals surface area contributed by atoms with Gasteiger partial charge in [0.05, 0.1) is 11.3 Å². The molecule has 1 aromatic carbocycles. The summed E-state index contributed by atoms with van der Waals surface area (Å²) in [6.07, 6.45) is -4.20. The van der Waals surface area contributed by atoms with Gasteiger partial charge in [0.2, 0.25) is 0 Å². The van der Waals surface area contributed by atoms with Gasteiger partial charge in [-0.1, -0.05) is 12.1 Å². The number of pyridine rings is 1. The molecule has 22 heavy (non-hydrogen) atoms. The molecule has 0 amide bonds. The zero-order chi connectivity index (χ0) is 16.3. The third-order valence-electron chi connectivity index (χ3n) is 2.87. The van der Waals surface area contributed by atoms with E-state index in [4.69, 9.17) is 0 Å². The van der Waals surface area contributed by atoms with E-state index in [9.17, 15) is 23.3 Å². The third-order valence-corrected chi connectivity index (χ3v) is 2.87. The molecule has 0 spiro atoms. The Labute approximate surface area is 124 Å². The second-order valence-electron chi connectivity index (χ2n) is 4.73. The normalized spacial score (nSPS) is 11.3. The summed E-state index contributed by atoms with van der Waals surface area (Å²) in [5, 5.41) is 13.5. The van der Waals surface area contributed by atoms with Gasteiger partial charge in [-0.25, -0.2) is 4.98 Å². The summed E-state index contributed by atoms with van der Waals surface area (Å²) in [7, 11) is 0. The van der Waals surface area contributed by atoms with Crippen LogP contribution in [0.3, 0.4) is 0 Å². The van der Waals surface area contributed by atoms with Gasteiger partial charge in [0, 0.05) is 11.8 Å². The van der Waals surface area contributed by atoms with Gasteiger partial charge in [-0.05, 0) is 30.2 Å². The molecule has 0 aliphatic heterocycles. The molecule has 2 aromatic rings. The summed E-state index contributed by atoms with van der Waals surface area (Å²) in [5.41, 5.74) is 0.938. The molecule has 1 N–H and O–H groups in total. The fourth-order valence-electron chi connectivity index (χ4n) is 1.92. The lowest BCUT2D eigenvalue weighted by molar-refractivity contribution is -0.385. The molecule has 116 valence electrons. The molecule has 0 fully saturated rings. The molecular weight excluding hydrogens is 299 g/mol. The van der Waals surface area contributed by atoms with E-state index in [1.165, 1.54) is 24.3 Å². The van der Waals surface area contributed by atoms with Gasteiger partial charge in [-0.15, -0.1) is 0 Å². The van der Waals surface area contributed by atoms with Crippen LogP contribution < -0.4 is 5.32 Å². The van der Waals surface area contributed by atoms with Crippen molar-refractivity contribution in [2.24, 2.45) is 0 Å². The summed E-state index contributed by atoms with van der Waals surface area (Å²) in [4.78, 5) is 14.0. The summed E-state index contributed by atoms with van der Waals surface area (Å²) in [5.74, 6) is 0.356. The van der Waals surface area contributed by atoms with Crippen molar-refractivity contribution >= 4 is 17.2 Å². The number of halogens is 3. The van der Waals surface area contributed by atoms with Gasteiger partial charge in [0.25, 0.3) is 5.69 Å². The van der Waals surface area contributed by atoms with E-state index < -0.39 is 17.5 Å². The van der Waals surface area contributed by atoms with Crippen molar-refractivity contribution in [1.29, 1.82) is 0 Å². The van der Waals surface area contributed by atoms with Gasteiger partial charge in [-0.2, -0.15) is 13.2 Å². The standard InChI is InChI=1S/C14H12F3N3O2/c1-9-5-12(20(21)22)8-18-13(9)19-11-4-2-3-10(6-11)7-14(15,16)17/h2-6,8H,7H2,1H3,(H,18,19). The summed E-state index contributed by atoms with van der Waals surface area (Å²) >= 11 is 0. The zero-order valence-corrected chi connectivity index (χ0v) is 11.5. The van der Waals surface area contributed by atoms with Crippen LogP contribution in [0.15, 0.2) is 36.5 Å². The van der Waals surface area contributed by atoms with Crippen molar-refractivity contribution < 1.29 is 18.1 Å². The lowest BCUT2D eigenvalue weighted by Crippen LogP contribution is -2.11. The predicted molar refractivity (Wildman–Crippen MR) is 75.1 cm³/mol. The monoisotopic (exact) mass is 311 g/mol. The number of rotatable bonds is 4. The maximum atomic E-state index is 12.4. The van der Waals surface area contributed by atoms with Crippen LogP contribution in [0.2, 0.25) is 0 Å². The molecule has 0 atom stereocenters. The molecule has 5 nitrogen and oxygen atoms in total. The molecule has 1 heterocycles. The Balaban J connectivity index is 2.20. The van der Waals surface area contributed by atoms with Crippen LogP contribution in [-0.2, 0) is 6.42 Å². The molecule has 2 rings (SSSR count). The molecule has 0 aliphatic carbocycles. The Kier molecular flexibility index (Phi) is 4.30. The largest absolute Gasteiger partial charge is 0.393 e. The Morgan fingerprint density at radius 2 is 2.05 bits per heavy atom. The average molecular weight is 311 g/mol. The van der Waals surface area contributed by atoms with Gasteiger partial charge in [0.1, 0.15) is 12.0 Å². The molecule has 8 heteroatoms. The van der Waals surface area contributed by atoms with Gasteiger partial charge in [0.15, 0.2) is 0 Å². The van der Waals surface area contributed by atoms with Crippen molar-refractivity contribution in [3.63, 3.8) is 0 Å². The van der Waals surface area contributed by atoms with E-state index in [0.29, 0.717) is 17.1 Å². The van der Waals surface area contributed by atoms with Crippen molar-refractivity contribution in [2.75, 3.05) is 5.32 Å². The first-order chi connectivity index (χ1) is 10.2. The van der Waals surface area contributed by atoms with E-state index in [0.717, 1.165) is 6.20 Å². The van der Waals surface area contributed by atoms with E-state index >= 15 is 0 Å². The topological polar surface area (TPSA) is 68.1 Å². The van der Waals surface area contributed by atoms with Crippen LogP contribution in [0.1, 0.15) is 11.1 Å². The van der Waals surface area contributed by atoms with Crippen LogP contribution in [0.5, 0.6) is 0 Å². The number of nitrogens with zero attached hydrogens (tertiary/aromatic N) is 2. The average Bonchev–Trinajstić information content (AvgIpc) is 2.39.